The van der Waals surface area contributed by atoms with Crippen molar-refractivity contribution in [3.05, 3.63) is 52.3 Å². The van der Waals surface area contributed by atoms with Gasteiger partial charge in [0.2, 0.25) is 0 Å². The van der Waals surface area contributed by atoms with E-state index in [1.165, 1.54) is 0 Å². The Bertz CT molecular complexity index is 1330. The zero-order valence-corrected chi connectivity index (χ0v) is 21.4. The molecule has 2 fully saturated rings. The molecule has 8 nitrogen and oxygen atoms in total. The van der Waals surface area contributed by atoms with Gasteiger partial charge in [0.15, 0.2) is 5.79 Å². The second-order valence-corrected chi connectivity index (χ2v) is 10.9. The Morgan fingerprint density at radius 3 is 2.83 bits per heavy atom. The summed E-state index contributed by atoms with van der Waals surface area (Å²) < 4.78 is 13.6. The second kappa shape index (κ2) is 8.43. The van der Waals surface area contributed by atoms with Crippen molar-refractivity contribution >= 4 is 50.4 Å². The first kappa shape index (κ1) is 22.7. The summed E-state index contributed by atoms with van der Waals surface area (Å²) in [5.41, 5.74) is 15.1. The molecule has 2 aliphatic heterocycles. The minimum absolute atomic E-state index is 0.00293. The predicted octanol–water partition coefficient (Wildman–Crippen LogP) is 4.33. The third-order valence-corrected chi connectivity index (χ3v) is 7.99. The normalized spacial score (nSPS) is 27.1. The molecule has 0 unspecified atom stereocenters. The van der Waals surface area contributed by atoms with Crippen LogP contribution in [0.25, 0.3) is 17.0 Å². The molecular weight excluding hydrogens is 508 g/mol. The molecule has 1 aromatic carbocycles. The number of halogens is 1. The Hall–Kier alpha value is -2.75. The molecule has 4 heterocycles. The van der Waals surface area contributed by atoms with E-state index in [9.17, 15) is 0 Å². The maximum atomic E-state index is 6.42. The highest BCUT2D eigenvalue weighted by molar-refractivity contribution is 9.10. The highest BCUT2D eigenvalue weighted by Gasteiger charge is 2.55. The fraction of sp³-hybridized carbons (Fsp3) is 0.423. The summed E-state index contributed by atoms with van der Waals surface area (Å²) in [6, 6.07) is 8.44. The van der Waals surface area contributed by atoms with E-state index in [0.29, 0.717) is 17.6 Å². The van der Waals surface area contributed by atoms with Crippen LogP contribution >= 0.6 is 15.9 Å². The molecule has 1 saturated carbocycles. The van der Waals surface area contributed by atoms with Gasteiger partial charge in [-0.1, -0.05) is 24.3 Å². The molecule has 9 heteroatoms. The lowest BCUT2D eigenvalue weighted by molar-refractivity contribution is -0.157. The van der Waals surface area contributed by atoms with E-state index >= 15 is 0 Å². The molecular formula is C26H29BrN6O2. The van der Waals surface area contributed by atoms with Gasteiger partial charge in [0.1, 0.15) is 29.9 Å². The van der Waals surface area contributed by atoms with E-state index < -0.39 is 5.79 Å². The van der Waals surface area contributed by atoms with Crippen LogP contribution in [-0.2, 0) is 15.9 Å². The highest BCUT2D eigenvalue weighted by atomic mass is 79.9. The lowest BCUT2D eigenvalue weighted by Crippen LogP contribution is -2.43. The number of aromatic nitrogens is 3. The van der Waals surface area contributed by atoms with Gasteiger partial charge in [-0.25, -0.2) is 15.0 Å². The highest BCUT2D eigenvalue weighted by Crippen LogP contribution is 2.47. The van der Waals surface area contributed by atoms with E-state index in [4.69, 9.17) is 20.9 Å². The first-order valence-corrected chi connectivity index (χ1v) is 12.8. The van der Waals surface area contributed by atoms with Crippen molar-refractivity contribution in [3.8, 4) is 0 Å². The summed E-state index contributed by atoms with van der Waals surface area (Å²) in [5, 5.41) is 1.05. The average molecular weight is 537 g/mol. The zero-order chi connectivity index (χ0) is 24.3. The molecule has 1 saturated heterocycles. The lowest BCUT2D eigenvalue weighted by Gasteiger charge is -2.31. The smallest absolute Gasteiger partial charge is 0.163 e. The van der Waals surface area contributed by atoms with Crippen molar-refractivity contribution in [1.29, 1.82) is 0 Å². The van der Waals surface area contributed by atoms with E-state index in [-0.39, 0.29) is 18.2 Å². The Labute approximate surface area is 212 Å². The standard InChI is InChI=1S/C26H29BrN6O2/c1-26(2)34-21-16(5-3-4-14-6-7-15-11-18(27)24(29)32-19(15)10-14)12-20(22(21)35-26)33-9-8-17-23(28)30-13-31-25(17)33/h3-4,6-7,10-11,13,16,20-22H,5,8-9,12H2,1-2H3,(H2,29,32)(H2,28,30,31)/b4-3+/t16-,20+,21+,22-/m0/s1. The molecule has 3 aromatic rings. The summed E-state index contributed by atoms with van der Waals surface area (Å²) in [4.78, 5) is 15.6. The van der Waals surface area contributed by atoms with Crippen LogP contribution in [0.1, 0.15) is 37.8 Å². The number of nitrogen functional groups attached to an aromatic ring is 2. The van der Waals surface area contributed by atoms with Crippen molar-refractivity contribution < 1.29 is 9.47 Å². The van der Waals surface area contributed by atoms with Gasteiger partial charge >= 0.3 is 0 Å². The molecule has 4 N–H and O–H groups in total. The van der Waals surface area contributed by atoms with Crippen LogP contribution in [0.4, 0.5) is 17.5 Å². The van der Waals surface area contributed by atoms with Crippen LogP contribution in [0.15, 0.2) is 41.1 Å². The number of hydrogen-bond acceptors (Lipinski definition) is 8. The number of benzene rings is 1. The number of anilines is 3. The van der Waals surface area contributed by atoms with Gasteiger partial charge in [0, 0.05) is 17.5 Å². The van der Waals surface area contributed by atoms with Crippen LogP contribution in [0, 0.1) is 5.92 Å². The number of hydrogen-bond donors (Lipinski definition) is 2. The van der Waals surface area contributed by atoms with Crippen LogP contribution in [-0.4, -0.2) is 45.5 Å². The summed E-state index contributed by atoms with van der Waals surface area (Å²) in [6.07, 6.45) is 8.72. The SMILES string of the molecule is CC1(C)O[C@@H]2[C@@H](C/C=C/c3ccc4cc(Br)c(N)nc4c3)C[C@@H](N3CCc4c(N)ncnc43)[C@@H]2O1. The fourth-order valence-electron chi connectivity index (χ4n) is 5.81. The number of rotatable bonds is 4. The first-order chi connectivity index (χ1) is 16.8. The number of nitrogens with two attached hydrogens (primary N) is 2. The minimum atomic E-state index is -0.596. The largest absolute Gasteiger partial charge is 0.383 e. The van der Waals surface area contributed by atoms with Gasteiger partial charge in [-0.3, -0.25) is 0 Å². The third-order valence-electron chi connectivity index (χ3n) is 7.35. The monoisotopic (exact) mass is 536 g/mol. The van der Waals surface area contributed by atoms with Gasteiger partial charge in [-0.2, -0.15) is 0 Å². The fourth-order valence-corrected chi connectivity index (χ4v) is 6.15. The van der Waals surface area contributed by atoms with Gasteiger partial charge in [0.05, 0.1) is 22.1 Å². The lowest BCUT2D eigenvalue weighted by atomic mass is 10.00. The molecule has 4 atom stereocenters. The van der Waals surface area contributed by atoms with Crippen molar-refractivity contribution in [3.63, 3.8) is 0 Å². The zero-order valence-electron chi connectivity index (χ0n) is 19.8. The molecule has 0 amide bonds. The molecule has 3 aliphatic rings. The van der Waals surface area contributed by atoms with E-state index in [1.807, 2.05) is 19.9 Å². The van der Waals surface area contributed by atoms with Crippen molar-refractivity contribution in [2.75, 3.05) is 22.9 Å². The maximum Gasteiger partial charge on any atom is 0.163 e. The van der Waals surface area contributed by atoms with Crippen LogP contribution in [0.5, 0.6) is 0 Å². The Morgan fingerprint density at radius 2 is 1.97 bits per heavy atom. The van der Waals surface area contributed by atoms with Crippen molar-refractivity contribution in [2.45, 2.75) is 57.1 Å². The quantitative estimate of drug-likeness (QED) is 0.506. The first-order valence-electron chi connectivity index (χ1n) is 12.0. The van der Waals surface area contributed by atoms with Gasteiger partial charge < -0.3 is 25.8 Å². The maximum absolute atomic E-state index is 6.42. The van der Waals surface area contributed by atoms with Gasteiger partial charge in [-0.05, 0) is 72.7 Å². The molecule has 2 aromatic heterocycles. The Morgan fingerprint density at radius 1 is 1.14 bits per heavy atom. The van der Waals surface area contributed by atoms with Gasteiger partial charge in [-0.15, -0.1) is 0 Å². The molecule has 1 aliphatic carbocycles. The molecule has 0 radical (unpaired) electrons. The van der Waals surface area contributed by atoms with E-state index in [0.717, 1.165) is 58.1 Å². The number of allylic oxidation sites excluding steroid dienone is 1. The van der Waals surface area contributed by atoms with Gasteiger partial charge in [0.25, 0.3) is 0 Å². The van der Waals surface area contributed by atoms with Crippen LogP contribution < -0.4 is 16.4 Å². The molecule has 182 valence electrons. The summed E-state index contributed by atoms with van der Waals surface area (Å²) in [5.74, 6) is 1.77. The minimum Gasteiger partial charge on any atom is -0.383 e. The number of fused-ring (bicyclic) bond motifs is 3. The molecule has 0 spiro atoms. The van der Waals surface area contributed by atoms with E-state index in [2.05, 4.69) is 66.1 Å². The Balaban J connectivity index is 1.22. The van der Waals surface area contributed by atoms with Crippen molar-refractivity contribution in [1.82, 2.24) is 15.0 Å². The van der Waals surface area contributed by atoms with Crippen LogP contribution in [0.2, 0.25) is 0 Å². The topological polar surface area (TPSA) is 112 Å². The molecule has 35 heavy (non-hydrogen) atoms. The van der Waals surface area contributed by atoms with Crippen molar-refractivity contribution in [2.24, 2.45) is 5.92 Å². The number of ether oxygens (including phenoxy) is 2. The second-order valence-electron chi connectivity index (χ2n) is 10.1. The number of pyridine rings is 1. The van der Waals surface area contributed by atoms with Crippen LogP contribution in [0.3, 0.4) is 0 Å². The third kappa shape index (κ3) is 4.05. The average Bonchev–Trinajstić information content (AvgIpc) is 3.47. The molecule has 6 rings (SSSR count). The molecule has 0 bridgehead atoms. The predicted molar refractivity (Wildman–Crippen MR) is 141 cm³/mol. The Kier molecular flexibility index (Phi) is 5.47. The summed E-state index contributed by atoms with van der Waals surface area (Å²) in [7, 11) is 0. The number of nitrogens with zero attached hydrogens (tertiary/aromatic N) is 4. The summed E-state index contributed by atoms with van der Waals surface area (Å²) in [6.45, 7) is 4.88. The van der Waals surface area contributed by atoms with E-state index in [1.54, 1.807) is 6.33 Å². The summed E-state index contributed by atoms with van der Waals surface area (Å²) >= 11 is 3.45.